The lowest BCUT2D eigenvalue weighted by atomic mass is 10.2. The van der Waals surface area contributed by atoms with E-state index in [2.05, 4.69) is 34.8 Å². The zero-order chi connectivity index (χ0) is 11.8. The Morgan fingerprint density at radius 3 is 2.62 bits per heavy atom. The Bertz CT molecular complexity index is 295. The van der Waals surface area contributed by atoms with Crippen molar-refractivity contribution in [3.05, 3.63) is 18.1 Å². The van der Waals surface area contributed by atoms with Gasteiger partial charge in [-0.2, -0.15) is 0 Å². The molecule has 0 aliphatic rings. The molecule has 0 atom stereocenters. The monoisotopic (exact) mass is 222 g/mol. The summed E-state index contributed by atoms with van der Waals surface area (Å²) in [4.78, 5) is 10.8. The molecule has 0 aliphatic carbocycles. The first-order valence-electron chi connectivity index (χ1n) is 6.07. The van der Waals surface area contributed by atoms with E-state index < -0.39 is 0 Å². The highest BCUT2D eigenvalue weighted by atomic mass is 15.2. The van der Waals surface area contributed by atoms with E-state index in [1.165, 1.54) is 0 Å². The number of aryl methyl sites for hydroxylation is 1. The van der Waals surface area contributed by atoms with Crippen LogP contribution in [0.1, 0.15) is 32.4 Å². The molecule has 0 saturated heterocycles. The fourth-order valence-corrected chi connectivity index (χ4v) is 1.72. The van der Waals surface area contributed by atoms with Gasteiger partial charge in [-0.05, 0) is 12.8 Å². The van der Waals surface area contributed by atoms with Gasteiger partial charge in [0, 0.05) is 31.4 Å². The second kappa shape index (κ2) is 7.17. The first-order valence-corrected chi connectivity index (χ1v) is 6.07. The molecular formula is C12H22N4. The van der Waals surface area contributed by atoms with E-state index in [1.54, 1.807) is 6.33 Å². The van der Waals surface area contributed by atoms with Gasteiger partial charge in [0.25, 0.3) is 0 Å². The van der Waals surface area contributed by atoms with Gasteiger partial charge in [-0.1, -0.05) is 20.3 Å². The summed E-state index contributed by atoms with van der Waals surface area (Å²) in [5.41, 5.74) is 6.73. The quantitative estimate of drug-likeness (QED) is 0.761. The molecular weight excluding hydrogens is 200 g/mol. The molecule has 0 aromatic carbocycles. The highest BCUT2D eigenvalue weighted by Gasteiger charge is 2.06. The van der Waals surface area contributed by atoms with Gasteiger partial charge >= 0.3 is 0 Å². The predicted molar refractivity (Wildman–Crippen MR) is 67.6 cm³/mol. The molecule has 1 rings (SSSR count). The number of hydrogen-bond acceptors (Lipinski definition) is 4. The Hall–Kier alpha value is -1.16. The summed E-state index contributed by atoms with van der Waals surface area (Å²) in [6.07, 6.45) is 4.88. The molecule has 0 fully saturated rings. The van der Waals surface area contributed by atoms with Gasteiger partial charge in [0.2, 0.25) is 0 Å². The molecule has 4 nitrogen and oxygen atoms in total. The van der Waals surface area contributed by atoms with Crippen molar-refractivity contribution in [3.63, 3.8) is 0 Å². The van der Waals surface area contributed by atoms with Crippen molar-refractivity contribution in [3.8, 4) is 0 Å². The molecule has 0 radical (unpaired) electrons. The fourth-order valence-electron chi connectivity index (χ4n) is 1.72. The molecule has 16 heavy (non-hydrogen) atoms. The minimum Gasteiger partial charge on any atom is -0.355 e. The maximum absolute atomic E-state index is 5.61. The van der Waals surface area contributed by atoms with Gasteiger partial charge in [0.1, 0.15) is 12.1 Å². The number of anilines is 1. The predicted octanol–water partition coefficient (Wildman–Crippen LogP) is 1.60. The molecule has 0 spiro atoms. The van der Waals surface area contributed by atoms with Crippen molar-refractivity contribution in [2.24, 2.45) is 5.73 Å². The zero-order valence-corrected chi connectivity index (χ0v) is 10.3. The second-order valence-electron chi connectivity index (χ2n) is 3.89. The van der Waals surface area contributed by atoms with Crippen molar-refractivity contribution in [2.45, 2.75) is 33.1 Å². The lowest BCUT2D eigenvalue weighted by Crippen LogP contribution is -2.31. The van der Waals surface area contributed by atoms with Crippen molar-refractivity contribution in [1.82, 2.24) is 9.97 Å². The Morgan fingerprint density at radius 1 is 1.19 bits per heavy atom. The fraction of sp³-hybridized carbons (Fsp3) is 0.667. The lowest BCUT2D eigenvalue weighted by molar-refractivity contribution is 0.745. The van der Waals surface area contributed by atoms with Gasteiger partial charge in [-0.3, -0.25) is 0 Å². The average Bonchev–Trinajstić information content (AvgIpc) is 2.30. The van der Waals surface area contributed by atoms with Crippen LogP contribution < -0.4 is 10.6 Å². The molecule has 0 saturated carbocycles. The molecule has 1 aromatic heterocycles. The van der Waals surface area contributed by atoms with Crippen molar-refractivity contribution in [2.75, 3.05) is 24.5 Å². The van der Waals surface area contributed by atoms with Crippen LogP contribution in [0.2, 0.25) is 0 Å². The normalized spacial score (nSPS) is 10.4. The van der Waals surface area contributed by atoms with Crippen LogP contribution in [-0.4, -0.2) is 29.6 Å². The summed E-state index contributed by atoms with van der Waals surface area (Å²) >= 11 is 0. The summed E-state index contributed by atoms with van der Waals surface area (Å²) in [6.45, 7) is 6.84. The molecule has 1 aromatic rings. The highest BCUT2D eigenvalue weighted by Crippen LogP contribution is 2.12. The largest absolute Gasteiger partial charge is 0.355 e. The number of aromatic nitrogens is 2. The maximum Gasteiger partial charge on any atom is 0.132 e. The highest BCUT2D eigenvalue weighted by molar-refractivity contribution is 5.38. The molecule has 2 N–H and O–H groups in total. The van der Waals surface area contributed by atoms with Gasteiger partial charge in [0.15, 0.2) is 0 Å². The summed E-state index contributed by atoms with van der Waals surface area (Å²) in [6, 6.07) is 2.08. The van der Waals surface area contributed by atoms with Crippen molar-refractivity contribution < 1.29 is 0 Å². The smallest absolute Gasteiger partial charge is 0.132 e. The molecule has 4 heteroatoms. The molecule has 1 heterocycles. The molecule has 0 bridgehead atoms. The van der Waals surface area contributed by atoms with E-state index in [1.807, 2.05) is 0 Å². The van der Waals surface area contributed by atoms with E-state index in [0.717, 1.165) is 43.9 Å². The minimum atomic E-state index is 0.660. The van der Waals surface area contributed by atoms with E-state index in [4.69, 9.17) is 5.73 Å². The summed E-state index contributed by atoms with van der Waals surface area (Å²) in [5.74, 6) is 1.01. The molecule has 0 aliphatic heterocycles. The van der Waals surface area contributed by atoms with Crippen LogP contribution >= 0.6 is 0 Å². The van der Waals surface area contributed by atoms with Crippen LogP contribution in [0.25, 0.3) is 0 Å². The number of nitrogens with two attached hydrogens (primary N) is 1. The van der Waals surface area contributed by atoms with Gasteiger partial charge in [0.05, 0.1) is 0 Å². The summed E-state index contributed by atoms with van der Waals surface area (Å²) in [7, 11) is 0. The molecule has 90 valence electrons. The first-order chi connectivity index (χ1) is 7.81. The van der Waals surface area contributed by atoms with Crippen LogP contribution in [0.3, 0.4) is 0 Å². The average molecular weight is 222 g/mol. The third-order valence-corrected chi connectivity index (χ3v) is 2.43. The standard InChI is InChI=1S/C12H22N4/c1-3-5-11-9-12(15-10-14-11)16(7-4-2)8-6-13/h9-10H,3-8,13H2,1-2H3. The van der Waals surface area contributed by atoms with Crippen molar-refractivity contribution in [1.29, 1.82) is 0 Å². The van der Waals surface area contributed by atoms with Crippen molar-refractivity contribution >= 4 is 5.82 Å². The van der Waals surface area contributed by atoms with Crippen LogP contribution in [-0.2, 0) is 6.42 Å². The number of rotatable bonds is 7. The summed E-state index contributed by atoms with van der Waals surface area (Å²) < 4.78 is 0. The van der Waals surface area contributed by atoms with Crippen LogP contribution in [0.4, 0.5) is 5.82 Å². The van der Waals surface area contributed by atoms with Gasteiger partial charge in [-0.25, -0.2) is 9.97 Å². The first kappa shape index (κ1) is 12.9. The molecule has 0 amide bonds. The zero-order valence-electron chi connectivity index (χ0n) is 10.3. The second-order valence-corrected chi connectivity index (χ2v) is 3.89. The Labute approximate surface area is 97.9 Å². The van der Waals surface area contributed by atoms with E-state index in [-0.39, 0.29) is 0 Å². The third kappa shape index (κ3) is 3.77. The minimum absolute atomic E-state index is 0.660. The topological polar surface area (TPSA) is 55.0 Å². The van der Waals surface area contributed by atoms with E-state index in [0.29, 0.717) is 6.54 Å². The van der Waals surface area contributed by atoms with E-state index in [9.17, 15) is 0 Å². The maximum atomic E-state index is 5.61. The molecule has 0 unspecified atom stereocenters. The van der Waals surface area contributed by atoms with Gasteiger partial charge in [-0.15, -0.1) is 0 Å². The van der Waals surface area contributed by atoms with Crippen LogP contribution in [0.5, 0.6) is 0 Å². The Morgan fingerprint density at radius 2 is 2.00 bits per heavy atom. The Kier molecular flexibility index (Phi) is 5.78. The third-order valence-electron chi connectivity index (χ3n) is 2.43. The van der Waals surface area contributed by atoms with E-state index >= 15 is 0 Å². The summed E-state index contributed by atoms with van der Waals surface area (Å²) in [5, 5.41) is 0. The Balaban J connectivity index is 2.77. The van der Waals surface area contributed by atoms with Gasteiger partial charge < -0.3 is 10.6 Å². The van der Waals surface area contributed by atoms with Crippen LogP contribution in [0.15, 0.2) is 12.4 Å². The number of hydrogen-bond donors (Lipinski definition) is 1. The number of nitrogens with zero attached hydrogens (tertiary/aromatic N) is 3. The lowest BCUT2D eigenvalue weighted by Gasteiger charge is -2.22. The SMILES string of the molecule is CCCc1cc(N(CCC)CCN)ncn1. The van der Waals surface area contributed by atoms with Crippen LogP contribution in [0, 0.1) is 0 Å².